The lowest BCUT2D eigenvalue weighted by molar-refractivity contribution is 0.0390. The Balaban J connectivity index is 1.67. The summed E-state index contributed by atoms with van der Waals surface area (Å²) in [5.41, 5.74) is 3.41. The second-order valence-corrected chi connectivity index (χ2v) is 6.65. The summed E-state index contributed by atoms with van der Waals surface area (Å²) in [7, 11) is 1.74. The molecular weight excluding hydrogens is 342 g/mol. The van der Waals surface area contributed by atoms with E-state index < -0.39 is 0 Å². The molecule has 0 saturated carbocycles. The van der Waals surface area contributed by atoms with E-state index in [0.29, 0.717) is 37.0 Å². The van der Waals surface area contributed by atoms with Crippen LogP contribution in [0, 0.1) is 6.92 Å². The van der Waals surface area contributed by atoms with Crippen molar-refractivity contribution in [2.24, 2.45) is 7.05 Å². The third kappa shape index (κ3) is 3.59. The van der Waals surface area contributed by atoms with E-state index in [9.17, 15) is 4.79 Å². The lowest BCUT2D eigenvalue weighted by Crippen LogP contribution is -2.41. The maximum Gasteiger partial charge on any atom is 0.255 e. The highest BCUT2D eigenvalue weighted by Crippen LogP contribution is 2.25. The minimum Gasteiger partial charge on any atom is -0.370 e. The van der Waals surface area contributed by atoms with Gasteiger partial charge in [0.2, 0.25) is 5.95 Å². The molecule has 0 unspecified atom stereocenters. The van der Waals surface area contributed by atoms with Gasteiger partial charge in [-0.05, 0) is 18.6 Å². The van der Waals surface area contributed by atoms with Crippen LogP contribution in [0.15, 0.2) is 53.7 Å². The summed E-state index contributed by atoms with van der Waals surface area (Å²) in [5.74, 6) is 0.622. The minimum absolute atomic E-state index is 0.0565. The van der Waals surface area contributed by atoms with Crippen LogP contribution in [0.25, 0.3) is 11.4 Å². The van der Waals surface area contributed by atoms with Gasteiger partial charge in [-0.1, -0.05) is 29.8 Å². The second-order valence-electron chi connectivity index (χ2n) is 6.65. The van der Waals surface area contributed by atoms with E-state index >= 15 is 0 Å². The molecule has 0 bridgehead atoms. The molecule has 3 heterocycles. The fourth-order valence-electron chi connectivity index (χ4n) is 3.20. The number of aromatic nitrogens is 4. The van der Waals surface area contributed by atoms with Gasteiger partial charge in [0.1, 0.15) is 12.4 Å². The number of morpholine rings is 1. The Morgan fingerprint density at radius 1 is 1.15 bits per heavy atom. The standard InChI is InChI=1S/C20H21N5O2/c1-14-3-5-15(6-4-14)18-12-25(9-10-27-18)20-23-17(11-19(26)24(20)2)16-7-8-21-13-22-16/h3-8,11,13,18H,9-10,12H2,1-2H3/t18-/m0/s1. The fraction of sp³-hybridized carbons (Fsp3) is 0.300. The Bertz CT molecular complexity index is 986. The Hall–Kier alpha value is -3.06. The highest BCUT2D eigenvalue weighted by molar-refractivity contribution is 5.55. The fourth-order valence-corrected chi connectivity index (χ4v) is 3.20. The highest BCUT2D eigenvalue weighted by atomic mass is 16.5. The largest absolute Gasteiger partial charge is 0.370 e. The smallest absolute Gasteiger partial charge is 0.255 e. The number of benzene rings is 1. The average Bonchev–Trinajstić information content (AvgIpc) is 2.71. The lowest BCUT2D eigenvalue weighted by atomic mass is 10.1. The molecule has 1 aromatic carbocycles. The van der Waals surface area contributed by atoms with E-state index in [0.717, 1.165) is 5.56 Å². The van der Waals surface area contributed by atoms with Gasteiger partial charge < -0.3 is 9.64 Å². The van der Waals surface area contributed by atoms with Crippen LogP contribution in [0.5, 0.6) is 0 Å². The Labute approximate surface area is 157 Å². The zero-order chi connectivity index (χ0) is 18.8. The SMILES string of the molecule is Cc1ccc([C@@H]2CN(c3nc(-c4ccncn4)cc(=O)n3C)CCO2)cc1. The predicted molar refractivity (Wildman–Crippen MR) is 103 cm³/mol. The molecule has 7 heteroatoms. The molecule has 2 aromatic heterocycles. The molecule has 1 aliphatic rings. The molecule has 0 spiro atoms. The molecule has 0 radical (unpaired) electrons. The summed E-state index contributed by atoms with van der Waals surface area (Å²) < 4.78 is 7.53. The Kier molecular flexibility index (Phi) is 4.68. The molecule has 1 atom stereocenters. The number of nitrogens with zero attached hydrogens (tertiary/aromatic N) is 5. The van der Waals surface area contributed by atoms with Crippen molar-refractivity contribution < 1.29 is 4.74 Å². The summed E-state index contributed by atoms with van der Waals surface area (Å²) in [6, 6.07) is 11.6. The van der Waals surface area contributed by atoms with Crippen molar-refractivity contribution in [1.82, 2.24) is 19.5 Å². The highest BCUT2D eigenvalue weighted by Gasteiger charge is 2.25. The van der Waals surface area contributed by atoms with Crippen LogP contribution in [-0.2, 0) is 11.8 Å². The van der Waals surface area contributed by atoms with Gasteiger partial charge in [-0.25, -0.2) is 15.0 Å². The lowest BCUT2D eigenvalue weighted by Gasteiger charge is -2.34. The molecule has 7 nitrogen and oxygen atoms in total. The topological polar surface area (TPSA) is 73.1 Å². The molecule has 1 aliphatic heterocycles. The third-order valence-electron chi connectivity index (χ3n) is 4.75. The maximum atomic E-state index is 12.5. The number of ether oxygens (including phenoxy) is 1. The second kappa shape index (κ2) is 7.28. The molecule has 0 amide bonds. The van der Waals surface area contributed by atoms with E-state index in [4.69, 9.17) is 9.72 Å². The first kappa shape index (κ1) is 17.4. The van der Waals surface area contributed by atoms with E-state index in [-0.39, 0.29) is 11.7 Å². The van der Waals surface area contributed by atoms with E-state index in [1.807, 2.05) is 0 Å². The van der Waals surface area contributed by atoms with Gasteiger partial charge in [-0.15, -0.1) is 0 Å². The van der Waals surface area contributed by atoms with Crippen molar-refractivity contribution in [3.8, 4) is 11.4 Å². The summed E-state index contributed by atoms with van der Waals surface area (Å²) >= 11 is 0. The quantitative estimate of drug-likeness (QED) is 0.710. The Morgan fingerprint density at radius 2 is 1.96 bits per heavy atom. The summed E-state index contributed by atoms with van der Waals surface area (Å²) in [6.07, 6.45) is 3.04. The average molecular weight is 363 g/mol. The minimum atomic E-state index is -0.119. The molecule has 1 saturated heterocycles. The van der Waals surface area contributed by atoms with Crippen molar-refractivity contribution in [2.45, 2.75) is 13.0 Å². The zero-order valence-electron chi connectivity index (χ0n) is 15.4. The van der Waals surface area contributed by atoms with Gasteiger partial charge in [0.25, 0.3) is 5.56 Å². The van der Waals surface area contributed by atoms with Gasteiger partial charge in [0.05, 0.1) is 24.5 Å². The van der Waals surface area contributed by atoms with E-state index in [1.54, 1.807) is 23.9 Å². The van der Waals surface area contributed by atoms with Crippen molar-refractivity contribution in [2.75, 3.05) is 24.6 Å². The van der Waals surface area contributed by atoms with Crippen LogP contribution < -0.4 is 10.5 Å². The third-order valence-corrected chi connectivity index (χ3v) is 4.75. The Morgan fingerprint density at radius 3 is 2.70 bits per heavy atom. The first-order valence-corrected chi connectivity index (χ1v) is 8.89. The molecule has 0 N–H and O–H groups in total. The predicted octanol–water partition coefficient (Wildman–Crippen LogP) is 2.12. The zero-order valence-corrected chi connectivity index (χ0v) is 15.4. The van der Waals surface area contributed by atoms with Crippen LogP contribution in [-0.4, -0.2) is 39.2 Å². The molecule has 4 rings (SSSR count). The van der Waals surface area contributed by atoms with Crippen LogP contribution >= 0.6 is 0 Å². The van der Waals surface area contributed by atoms with E-state index in [1.165, 1.54) is 18.0 Å². The molecular formula is C20H21N5O2. The van der Waals surface area contributed by atoms with Crippen molar-refractivity contribution in [3.63, 3.8) is 0 Å². The van der Waals surface area contributed by atoms with Gasteiger partial charge in [-0.3, -0.25) is 9.36 Å². The number of aryl methyl sites for hydroxylation is 1. The monoisotopic (exact) mass is 363 g/mol. The van der Waals surface area contributed by atoms with Crippen molar-refractivity contribution in [1.29, 1.82) is 0 Å². The first-order valence-electron chi connectivity index (χ1n) is 8.89. The summed E-state index contributed by atoms with van der Waals surface area (Å²) in [5, 5.41) is 0. The summed E-state index contributed by atoms with van der Waals surface area (Å²) in [4.78, 5) is 27.4. The van der Waals surface area contributed by atoms with Crippen molar-refractivity contribution in [3.05, 3.63) is 70.4 Å². The first-order chi connectivity index (χ1) is 13.1. The van der Waals surface area contributed by atoms with Crippen LogP contribution in [0.2, 0.25) is 0 Å². The van der Waals surface area contributed by atoms with Crippen molar-refractivity contribution >= 4 is 5.95 Å². The summed E-state index contributed by atoms with van der Waals surface area (Å²) in [6.45, 7) is 3.95. The van der Waals surface area contributed by atoms with Gasteiger partial charge in [0.15, 0.2) is 0 Å². The number of anilines is 1. The number of hydrogen-bond acceptors (Lipinski definition) is 6. The van der Waals surface area contributed by atoms with E-state index in [2.05, 4.69) is 46.1 Å². The number of rotatable bonds is 3. The normalized spacial score (nSPS) is 17.1. The molecule has 138 valence electrons. The number of hydrogen-bond donors (Lipinski definition) is 0. The van der Waals surface area contributed by atoms with Crippen LogP contribution in [0.4, 0.5) is 5.95 Å². The van der Waals surface area contributed by atoms with Gasteiger partial charge in [-0.2, -0.15) is 0 Å². The van der Waals surface area contributed by atoms with Gasteiger partial charge >= 0.3 is 0 Å². The maximum absolute atomic E-state index is 12.5. The molecule has 1 fully saturated rings. The van der Waals surface area contributed by atoms with Crippen LogP contribution in [0.3, 0.4) is 0 Å². The molecule has 0 aliphatic carbocycles. The molecule has 3 aromatic rings. The van der Waals surface area contributed by atoms with Gasteiger partial charge in [0, 0.05) is 25.9 Å². The molecule has 27 heavy (non-hydrogen) atoms. The van der Waals surface area contributed by atoms with Crippen LogP contribution in [0.1, 0.15) is 17.2 Å².